The van der Waals surface area contributed by atoms with Crippen molar-refractivity contribution in [1.82, 2.24) is 9.97 Å². The molecular weight excluding hydrogens is 384 g/mol. The second-order valence-electron chi connectivity index (χ2n) is 7.52. The molecule has 4 heterocycles. The number of ether oxygens (including phenoxy) is 3. The third-order valence-electron chi connectivity index (χ3n) is 5.65. The molecule has 0 spiro atoms. The molecule has 0 radical (unpaired) electrons. The highest BCUT2D eigenvalue weighted by atomic mass is 16.6. The van der Waals surface area contributed by atoms with Crippen LogP contribution in [-0.4, -0.2) is 54.6 Å². The number of methoxy groups -OCH3 is 1. The van der Waals surface area contributed by atoms with Gasteiger partial charge in [-0.3, -0.25) is 0 Å². The number of nitrogens with zero attached hydrogens (tertiary/aromatic N) is 2. The first-order chi connectivity index (χ1) is 14.8. The highest BCUT2D eigenvalue weighted by Gasteiger charge is 2.50. The van der Waals surface area contributed by atoms with E-state index >= 15 is 0 Å². The summed E-state index contributed by atoms with van der Waals surface area (Å²) in [6.45, 7) is 2.00. The van der Waals surface area contributed by atoms with Crippen molar-refractivity contribution >= 4 is 5.95 Å². The normalized spacial score (nSPS) is 25.2. The van der Waals surface area contributed by atoms with Gasteiger partial charge in [0.1, 0.15) is 37.2 Å². The lowest BCUT2D eigenvalue weighted by Gasteiger charge is -2.17. The molecule has 2 aliphatic heterocycles. The summed E-state index contributed by atoms with van der Waals surface area (Å²) in [6, 6.07) is 13.9. The van der Waals surface area contributed by atoms with Gasteiger partial charge in [0.25, 0.3) is 0 Å². The second kappa shape index (κ2) is 8.43. The van der Waals surface area contributed by atoms with E-state index in [4.69, 9.17) is 18.6 Å². The zero-order valence-electron chi connectivity index (χ0n) is 16.7. The highest BCUT2D eigenvalue weighted by molar-refractivity contribution is 5.61. The van der Waals surface area contributed by atoms with Crippen LogP contribution in [0.15, 0.2) is 59.3 Å². The molecule has 3 N–H and O–H groups in total. The number of hydrogen-bond acceptors (Lipinski definition) is 7. The molecule has 8 nitrogen and oxygen atoms in total. The molecule has 30 heavy (non-hydrogen) atoms. The van der Waals surface area contributed by atoms with Crippen LogP contribution in [0.3, 0.4) is 0 Å². The van der Waals surface area contributed by atoms with E-state index in [-0.39, 0.29) is 24.3 Å². The van der Waals surface area contributed by atoms with Crippen LogP contribution in [0.25, 0.3) is 11.3 Å². The Morgan fingerprint density at radius 1 is 1.10 bits per heavy atom. The summed E-state index contributed by atoms with van der Waals surface area (Å²) in [5.41, 5.74) is 1.86. The Kier molecular flexibility index (Phi) is 5.35. The Hall–Kier alpha value is -2.94. The number of rotatable bonds is 7. The molecule has 4 atom stereocenters. The number of nitrogens with two attached hydrogens (primary N) is 1. The molecule has 1 aromatic carbocycles. The van der Waals surface area contributed by atoms with Crippen LogP contribution in [0.2, 0.25) is 0 Å². The van der Waals surface area contributed by atoms with E-state index in [0.717, 1.165) is 29.3 Å². The zero-order chi connectivity index (χ0) is 20.3. The number of fused-ring (bicyclic) bond motifs is 1. The second-order valence-corrected chi connectivity index (χ2v) is 7.52. The molecule has 0 aliphatic carbocycles. The zero-order valence-corrected chi connectivity index (χ0v) is 16.7. The first kappa shape index (κ1) is 19.0. The summed E-state index contributed by atoms with van der Waals surface area (Å²) in [6.07, 6.45) is 3.49. The average Bonchev–Trinajstić information content (AvgIpc) is 3.52. The van der Waals surface area contributed by atoms with Gasteiger partial charge in [-0.2, -0.15) is 0 Å². The molecule has 5 rings (SSSR count). The van der Waals surface area contributed by atoms with Gasteiger partial charge in [-0.25, -0.2) is 9.97 Å². The van der Waals surface area contributed by atoms with Crippen LogP contribution in [0.5, 0.6) is 5.75 Å². The molecule has 2 fully saturated rings. The van der Waals surface area contributed by atoms with Gasteiger partial charge >= 0.3 is 0 Å². The number of benzene rings is 1. The Bertz CT molecular complexity index is 964. The monoisotopic (exact) mass is 409 g/mol. The van der Waals surface area contributed by atoms with Gasteiger partial charge < -0.3 is 29.3 Å². The fourth-order valence-electron chi connectivity index (χ4n) is 4.07. The van der Waals surface area contributed by atoms with Gasteiger partial charge in [0.2, 0.25) is 5.95 Å². The van der Waals surface area contributed by atoms with Crippen molar-refractivity contribution in [2.45, 2.75) is 30.8 Å². The van der Waals surface area contributed by atoms with E-state index in [2.05, 4.69) is 20.6 Å². The molecule has 156 valence electrons. The minimum Gasteiger partial charge on any atom is -0.497 e. The minimum atomic E-state index is -0.0175. The largest absolute Gasteiger partial charge is 0.497 e. The lowest BCUT2D eigenvalue weighted by atomic mass is 10.1. The number of quaternary nitrogens is 1. The van der Waals surface area contributed by atoms with Crippen molar-refractivity contribution in [1.29, 1.82) is 0 Å². The van der Waals surface area contributed by atoms with Crippen molar-refractivity contribution in [3.05, 3.63) is 60.7 Å². The van der Waals surface area contributed by atoms with Crippen molar-refractivity contribution in [3.8, 4) is 17.0 Å². The number of hydrogen-bond donors (Lipinski definition) is 2. The third-order valence-corrected chi connectivity index (χ3v) is 5.65. The average molecular weight is 409 g/mol. The highest BCUT2D eigenvalue weighted by Crippen LogP contribution is 2.28. The lowest BCUT2D eigenvalue weighted by Crippen LogP contribution is -2.91. The van der Waals surface area contributed by atoms with Gasteiger partial charge in [-0.05, 0) is 42.5 Å². The van der Waals surface area contributed by atoms with Crippen LogP contribution in [-0.2, 0) is 16.0 Å². The summed E-state index contributed by atoms with van der Waals surface area (Å²) in [5.74, 6) is 2.34. The van der Waals surface area contributed by atoms with E-state index in [9.17, 15) is 0 Å². The Morgan fingerprint density at radius 2 is 1.97 bits per heavy atom. The summed E-state index contributed by atoms with van der Waals surface area (Å²) in [5, 5.41) is 5.63. The first-order valence-corrected chi connectivity index (χ1v) is 10.1. The van der Waals surface area contributed by atoms with E-state index < -0.39 is 0 Å². The number of furan rings is 1. The fourth-order valence-corrected chi connectivity index (χ4v) is 4.07. The molecule has 3 aromatic rings. The number of anilines is 1. The van der Waals surface area contributed by atoms with Gasteiger partial charge in [0, 0.05) is 11.8 Å². The Labute approximate surface area is 174 Å². The van der Waals surface area contributed by atoms with Crippen LogP contribution in [0, 0.1) is 0 Å². The van der Waals surface area contributed by atoms with Crippen LogP contribution in [0.4, 0.5) is 5.95 Å². The van der Waals surface area contributed by atoms with Crippen LogP contribution >= 0.6 is 0 Å². The van der Waals surface area contributed by atoms with E-state index in [1.165, 1.54) is 0 Å². The Morgan fingerprint density at radius 3 is 2.77 bits per heavy atom. The predicted octanol–water partition coefficient (Wildman–Crippen LogP) is 1.46. The molecule has 0 saturated carbocycles. The molecule has 0 amide bonds. The van der Waals surface area contributed by atoms with Gasteiger partial charge in [-0.1, -0.05) is 0 Å². The predicted molar refractivity (Wildman–Crippen MR) is 109 cm³/mol. The summed E-state index contributed by atoms with van der Waals surface area (Å²) >= 11 is 0. The van der Waals surface area contributed by atoms with Crippen molar-refractivity contribution in [3.63, 3.8) is 0 Å². The molecule has 2 saturated heterocycles. The van der Waals surface area contributed by atoms with Gasteiger partial charge in [0.05, 0.1) is 31.7 Å². The van der Waals surface area contributed by atoms with Crippen LogP contribution < -0.4 is 15.4 Å². The molecule has 2 aromatic heterocycles. The molecule has 0 unspecified atom stereocenters. The molecule has 8 heteroatoms. The van der Waals surface area contributed by atoms with Crippen molar-refractivity contribution in [2.24, 2.45) is 0 Å². The van der Waals surface area contributed by atoms with Gasteiger partial charge in [0.15, 0.2) is 5.76 Å². The molecular formula is C22H25N4O4+. The maximum absolute atomic E-state index is 6.07. The molecule has 0 bridgehead atoms. The number of aromatic nitrogens is 2. The van der Waals surface area contributed by atoms with Crippen molar-refractivity contribution < 1.29 is 23.9 Å². The fraction of sp³-hybridized carbons (Fsp3) is 0.364. The maximum Gasteiger partial charge on any atom is 0.223 e. The molecule has 2 aliphatic rings. The lowest BCUT2D eigenvalue weighted by molar-refractivity contribution is -0.709. The van der Waals surface area contributed by atoms with Crippen LogP contribution in [0.1, 0.15) is 5.76 Å². The minimum absolute atomic E-state index is 0.0168. The summed E-state index contributed by atoms with van der Waals surface area (Å²) in [7, 11) is 1.66. The van der Waals surface area contributed by atoms with Crippen molar-refractivity contribution in [2.75, 3.05) is 25.6 Å². The van der Waals surface area contributed by atoms with Gasteiger partial charge in [-0.15, -0.1) is 0 Å². The quantitative estimate of drug-likeness (QED) is 0.610. The van der Waals surface area contributed by atoms with E-state index in [0.29, 0.717) is 19.2 Å². The third kappa shape index (κ3) is 3.89. The van der Waals surface area contributed by atoms with E-state index in [1.807, 2.05) is 42.5 Å². The van der Waals surface area contributed by atoms with E-state index in [1.54, 1.807) is 19.6 Å². The Balaban J connectivity index is 1.22. The standard InChI is InChI=1S/C22H24N4O4/c1-27-15-6-4-14(5-7-15)17-8-9-23-22(25-17)26-19-13-30-20-18(12-29-21(19)20)24-11-16-3-2-10-28-16/h2-10,18-21,24H,11-13H2,1H3,(H,23,25,26)/p+1/t18-,19-,20+,21+/m0/s1. The summed E-state index contributed by atoms with van der Waals surface area (Å²) < 4.78 is 22.8. The summed E-state index contributed by atoms with van der Waals surface area (Å²) in [4.78, 5) is 9.06. The number of nitrogens with one attached hydrogen (secondary N) is 1. The topological polar surface area (TPSA) is 95.2 Å². The smallest absolute Gasteiger partial charge is 0.223 e. The first-order valence-electron chi connectivity index (χ1n) is 10.1. The maximum atomic E-state index is 6.07. The SMILES string of the molecule is COc1ccc(-c2ccnc(N[C@H]3CO[C@H]4[C@@H]3OC[C@@H]4[NH2+]Cc3ccco3)n2)cc1.